The first kappa shape index (κ1) is 15.0. The fourth-order valence-electron chi connectivity index (χ4n) is 1.86. The molecule has 0 atom stereocenters. The summed E-state index contributed by atoms with van der Waals surface area (Å²) in [6.07, 6.45) is 1.03. The molecule has 0 saturated heterocycles. The van der Waals surface area contributed by atoms with Gasteiger partial charge < -0.3 is 5.32 Å². The molecular weight excluding hydrogens is 300 g/mol. The Hall–Kier alpha value is -1.37. The Balaban J connectivity index is 2.18. The third-order valence-electron chi connectivity index (χ3n) is 2.61. The number of aromatic nitrogens is 1. The average molecular weight is 315 g/mol. The molecule has 2 aromatic rings. The van der Waals surface area contributed by atoms with E-state index in [1.54, 1.807) is 6.07 Å². The molecule has 0 saturated carbocycles. The van der Waals surface area contributed by atoms with Crippen molar-refractivity contribution in [1.29, 1.82) is 0 Å². The van der Waals surface area contributed by atoms with E-state index in [1.165, 1.54) is 0 Å². The second-order valence-electron chi connectivity index (χ2n) is 4.43. The van der Waals surface area contributed by atoms with E-state index in [4.69, 9.17) is 11.6 Å². The minimum absolute atomic E-state index is 0.0717. The summed E-state index contributed by atoms with van der Waals surface area (Å²) < 4.78 is 26.4. The first-order valence-electron chi connectivity index (χ1n) is 6.00. The zero-order chi connectivity index (χ0) is 14.8. The highest BCUT2D eigenvalue weighted by Gasteiger charge is 2.06. The van der Waals surface area contributed by atoms with Crippen LogP contribution in [-0.4, -0.2) is 32.8 Å². The number of pyridine rings is 1. The molecule has 0 aliphatic rings. The summed E-state index contributed by atoms with van der Waals surface area (Å²) in [4.78, 5) is 4.42. The van der Waals surface area contributed by atoms with Gasteiger partial charge in [0.05, 0.1) is 18.4 Å². The zero-order valence-electron chi connectivity index (χ0n) is 11.2. The van der Waals surface area contributed by atoms with Gasteiger partial charge in [-0.15, -0.1) is 0 Å². The molecule has 0 amide bonds. The molecule has 0 bridgehead atoms. The highest BCUT2D eigenvalue weighted by atomic mass is 35.5. The summed E-state index contributed by atoms with van der Waals surface area (Å²) in [5, 5.41) is 4.66. The van der Waals surface area contributed by atoms with Gasteiger partial charge in [0, 0.05) is 28.3 Å². The lowest BCUT2D eigenvalue weighted by Gasteiger charge is -2.11. The van der Waals surface area contributed by atoms with Gasteiger partial charge in [0.1, 0.15) is 0 Å². The van der Waals surface area contributed by atoms with E-state index in [9.17, 15) is 8.42 Å². The van der Waals surface area contributed by atoms with Crippen LogP contribution in [0.1, 0.15) is 5.69 Å². The van der Waals surface area contributed by atoms with Crippen LogP contribution in [0.25, 0.3) is 10.9 Å². The van der Waals surface area contributed by atoms with Crippen molar-refractivity contribution in [2.45, 2.75) is 6.92 Å². The maximum Gasteiger partial charge on any atom is 0.264 e. The summed E-state index contributed by atoms with van der Waals surface area (Å²) in [6, 6.07) is 7.35. The molecule has 1 N–H and O–H groups in total. The van der Waals surface area contributed by atoms with Crippen LogP contribution in [0, 0.1) is 6.92 Å². The van der Waals surface area contributed by atoms with Gasteiger partial charge in [-0.2, -0.15) is 8.42 Å². The van der Waals surface area contributed by atoms with Crippen molar-refractivity contribution >= 4 is 38.3 Å². The Labute approximate surface area is 123 Å². The quantitative estimate of drug-likeness (QED) is 0.678. The number of fused-ring (bicyclic) bond motifs is 1. The van der Waals surface area contributed by atoms with Crippen molar-refractivity contribution in [3.63, 3.8) is 0 Å². The second kappa shape index (κ2) is 5.95. The number of halogens is 1. The fourth-order valence-corrected chi connectivity index (χ4v) is 2.41. The number of anilines is 1. The maximum atomic E-state index is 10.9. The maximum absolute atomic E-state index is 10.9. The third kappa shape index (κ3) is 4.06. The molecule has 108 valence electrons. The molecular formula is C13H15ClN2O3S. The van der Waals surface area contributed by atoms with E-state index in [0.717, 1.165) is 28.5 Å². The van der Waals surface area contributed by atoms with Crippen molar-refractivity contribution in [2.75, 3.05) is 24.7 Å². The standard InChI is InChI=1S/C13H15ClN2O3S/c1-9-7-13(15-5-6-19-20(2,17)18)11-8-10(14)3-4-12(11)16-9/h3-4,7-8H,5-6H2,1-2H3,(H,15,16). The van der Waals surface area contributed by atoms with Crippen LogP contribution in [0.2, 0.25) is 5.02 Å². The van der Waals surface area contributed by atoms with Crippen LogP contribution in [0.15, 0.2) is 24.3 Å². The number of rotatable bonds is 5. The molecule has 1 aromatic heterocycles. The van der Waals surface area contributed by atoms with Gasteiger partial charge >= 0.3 is 0 Å². The number of benzene rings is 1. The third-order valence-corrected chi connectivity index (χ3v) is 3.44. The van der Waals surface area contributed by atoms with Crippen LogP contribution in [0.3, 0.4) is 0 Å². The number of nitrogens with zero attached hydrogens (tertiary/aromatic N) is 1. The Bertz CT molecular complexity index is 732. The van der Waals surface area contributed by atoms with E-state index < -0.39 is 10.1 Å². The number of aryl methyl sites for hydroxylation is 1. The topological polar surface area (TPSA) is 68.3 Å². The summed E-state index contributed by atoms with van der Waals surface area (Å²) in [5.41, 5.74) is 2.55. The molecule has 0 aliphatic heterocycles. The molecule has 5 nitrogen and oxygen atoms in total. The van der Waals surface area contributed by atoms with E-state index >= 15 is 0 Å². The summed E-state index contributed by atoms with van der Waals surface area (Å²) in [7, 11) is -3.41. The number of hydrogen-bond acceptors (Lipinski definition) is 5. The van der Waals surface area contributed by atoms with E-state index in [2.05, 4.69) is 14.5 Å². The molecule has 2 rings (SSSR count). The molecule has 20 heavy (non-hydrogen) atoms. The van der Waals surface area contributed by atoms with Crippen molar-refractivity contribution in [3.05, 3.63) is 35.0 Å². The molecule has 7 heteroatoms. The van der Waals surface area contributed by atoms with Gasteiger partial charge in [0.25, 0.3) is 10.1 Å². The number of hydrogen-bond donors (Lipinski definition) is 1. The lowest BCUT2D eigenvalue weighted by Crippen LogP contribution is -2.13. The average Bonchev–Trinajstić information content (AvgIpc) is 2.34. The van der Waals surface area contributed by atoms with Crippen LogP contribution in [0.5, 0.6) is 0 Å². The lowest BCUT2D eigenvalue weighted by atomic mass is 10.1. The lowest BCUT2D eigenvalue weighted by molar-refractivity contribution is 0.335. The van der Waals surface area contributed by atoms with Gasteiger partial charge in [0.2, 0.25) is 0 Å². The highest BCUT2D eigenvalue weighted by molar-refractivity contribution is 7.85. The number of nitrogens with one attached hydrogen (secondary N) is 1. The molecule has 0 unspecified atom stereocenters. The molecule has 0 aliphatic carbocycles. The van der Waals surface area contributed by atoms with Crippen molar-refractivity contribution in [3.8, 4) is 0 Å². The Kier molecular flexibility index (Phi) is 4.47. The van der Waals surface area contributed by atoms with E-state index in [0.29, 0.717) is 11.6 Å². The molecule has 0 spiro atoms. The van der Waals surface area contributed by atoms with Crippen LogP contribution in [-0.2, 0) is 14.3 Å². The Morgan fingerprint density at radius 2 is 2.10 bits per heavy atom. The van der Waals surface area contributed by atoms with E-state index in [-0.39, 0.29) is 6.61 Å². The normalized spacial score (nSPS) is 11.8. The Morgan fingerprint density at radius 1 is 1.35 bits per heavy atom. The molecule has 0 radical (unpaired) electrons. The van der Waals surface area contributed by atoms with Crippen molar-refractivity contribution in [1.82, 2.24) is 4.98 Å². The molecule has 1 aromatic carbocycles. The summed E-state index contributed by atoms with van der Waals surface area (Å²) in [6.45, 7) is 2.34. The van der Waals surface area contributed by atoms with Gasteiger partial charge in [-0.25, -0.2) is 0 Å². The molecule has 1 heterocycles. The minimum atomic E-state index is -3.41. The smallest absolute Gasteiger partial charge is 0.264 e. The van der Waals surface area contributed by atoms with Crippen LogP contribution in [0.4, 0.5) is 5.69 Å². The zero-order valence-corrected chi connectivity index (χ0v) is 12.8. The SMILES string of the molecule is Cc1cc(NCCOS(C)(=O)=O)c2cc(Cl)ccc2n1. The largest absolute Gasteiger partial charge is 0.382 e. The van der Waals surface area contributed by atoms with Gasteiger partial charge in [0.15, 0.2) is 0 Å². The monoisotopic (exact) mass is 314 g/mol. The Morgan fingerprint density at radius 3 is 2.80 bits per heavy atom. The minimum Gasteiger partial charge on any atom is -0.382 e. The van der Waals surface area contributed by atoms with Crippen molar-refractivity contribution in [2.24, 2.45) is 0 Å². The summed E-state index contributed by atoms with van der Waals surface area (Å²) >= 11 is 5.99. The van der Waals surface area contributed by atoms with Gasteiger partial charge in [-0.3, -0.25) is 9.17 Å². The predicted molar refractivity (Wildman–Crippen MR) is 80.8 cm³/mol. The first-order chi connectivity index (χ1) is 9.35. The van der Waals surface area contributed by atoms with Crippen molar-refractivity contribution < 1.29 is 12.6 Å². The van der Waals surface area contributed by atoms with Crippen LogP contribution < -0.4 is 5.32 Å². The predicted octanol–water partition coefficient (Wildman–Crippen LogP) is 2.58. The van der Waals surface area contributed by atoms with Gasteiger partial charge in [-0.05, 0) is 31.2 Å². The first-order valence-corrected chi connectivity index (χ1v) is 8.20. The van der Waals surface area contributed by atoms with E-state index in [1.807, 2.05) is 25.1 Å². The highest BCUT2D eigenvalue weighted by Crippen LogP contribution is 2.26. The van der Waals surface area contributed by atoms with Crippen LogP contribution >= 0.6 is 11.6 Å². The second-order valence-corrected chi connectivity index (χ2v) is 6.51. The summed E-state index contributed by atoms with van der Waals surface area (Å²) in [5.74, 6) is 0. The molecule has 0 fully saturated rings. The van der Waals surface area contributed by atoms with Gasteiger partial charge in [-0.1, -0.05) is 11.6 Å². The fraction of sp³-hybridized carbons (Fsp3) is 0.308.